The zero-order valence-corrected chi connectivity index (χ0v) is 12.4. The molecular weight excluding hydrogens is 283 g/mol. The minimum atomic E-state index is -3.88. The largest absolute Gasteiger partial charge is 0.399 e. The number of methoxy groups -OCH3 is 1. The molecule has 2 N–H and O–H groups in total. The van der Waals surface area contributed by atoms with E-state index in [0.29, 0.717) is 13.0 Å². The van der Waals surface area contributed by atoms with Crippen molar-refractivity contribution in [3.63, 3.8) is 0 Å². The van der Waals surface area contributed by atoms with Gasteiger partial charge in [0.25, 0.3) is 0 Å². The Kier molecular flexibility index (Phi) is 4.31. The Bertz CT molecular complexity index is 591. The fourth-order valence-corrected chi connectivity index (χ4v) is 3.95. The van der Waals surface area contributed by atoms with Gasteiger partial charge in [0.05, 0.1) is 6.10 Å². The molecule has 1 fully saturated rings. The summed E-state index contributed by atoms with van der Waals surface area (Å²) in [5, 5.41) is 0. The predicted molar refractivity (Wildman–Crippen MR) is 74.1 cm³/mol. The SMILES string of the molecule is COC1CN(S(=O)(=O)c2cc(N)ccc2F)CCC1C. The highest BCUT2D eigenvalue weighted by atomic mass is 32.2. The van der Waals surface area contributed by atoms with Gasteiger partial charge in [0.15, 0.2) is 0 Å². The van der Waals surface area contributed by atoms with Crippen molar-refractivity contribution in [2.75, 3.05) is 25.9 Å². The van der Waals surface area contributed by atoms with Crippen LogP contribution in [0.5, 0.6) is 0 Å². The average Bonchev–Trinajstić information content (AvgIpc) is 2.41. The summed E-state index contributed by atoms with van der Waals surface area (Å²) in [6, 6.07) is 3.57. The molecule has 0 aromatic heterocycles. The third-order valence-electron chi connectivity index (χ3n) is 3.73. The number of halogens is 1. The summed E-state index contributed by atoms with van der Waals surface area (Å²) in [6.07, 6.45) is 0.504. The van der Waals surface area contributed by atoms with Gasteiger partial charge < -0.3 is 10.5 Å². The summed E-state index contributed by atoms with van der Waals surface area (Å²) in [6.45, 7) is 2.60. The van der Waals surface area contributed by atoms with Gasteiger partial charge in [-0.05, 0) is 30.5 Å². The fraction of sp³-hybridized carbons (Fsp3) is 0.538. The molecule has 2 unspecified atom stereocenters. The minimum Gasteiger partial charge on any atom is -0.399 e. The first-order valence-electron chi connectivity index (χ1n) is 6.44. The van der Waals surface area contributed by atoms with E-state index in [1.807, 2.05) is 6.92 Å². The minimum absolute atomic E-state index is 0.178. The van der Waals surface area contributed by atoms with E-state index in [9.17, 15) is 12.8 Å². The van der Waals surface area contributed by atoms with Gasteiger partial charge in [0, 0.05) is 25.9 Å². The van der Waals surface area contributed by atoms with Gasteiger partial charge in [-0.2, -0.15) is 4.31 Å². The molecule has 2 atom stereocenters. The van der Waals surface area contributed by atoms with Crippen LogP contribution in [0.15, 0.2) is 23.1 Å². The molecule has 0 amide bonds. The molecule has 1 aliphatic heterocycles. The van der Waals surface area contributed by atoms with Gasteiger partial charge in [-0.1, -0.05) is 6.92 Å². The normalized spacial score (nSPS) is 24.8. The highest BCUT2D eigenvalue weighted by molar-refractivity contribution is 7.89. The molecule has 0 spiro atoms. The second kappa shape index (κ2) is 5.67. The van der Waals surface area contributed by atoms with Crippen molar-refractivity contribution in [1.82, 2.24) is 4.31 Å². The van der Waals surface area contributed by atoms with E-state index >= 15 is 0 Å². The number of ether oxygens (including phenoxy) is 1. The lowest BCUT2D eigenvalue weighted by Gasteiger charge is -2.35. The summed E-state index contributed by atoms with van der Waals surface area (Å²) in [5.74, 6) is -0.510. The number of piperidine rings is 1. The Hall–Kier alpha value is -1.18. The first-order valence-corrected chi connectivity index (χ1v) is 7.88. The molecule has 0 radical (unpaired) electrons. The van der Waals surface area contributed by atoms with Crippen molar-refractivity contribution in [3.8, 4) is 0 Å². The molecule has 1 aromatic carbocycles. The highest BCUT2D eigenvalue weighted by Crippen LogP contribution is 2.27. The van der Waals surface area contributed by atoms with E-state index in [1.165, 1.54) is 10.4 Å². The van der Waals surface area contributed by atoms with E-state index in [1.54, 1.807) is 7.11 Å². The van der Waals surface area contributed by atoms with Crippen LogP contribution in [0.1, 0.15) is 13.3 Å². The molecule has 20 heavy (non-hydrogen) atoms. The standard InChI is InChI=1S/C13H19FN2O3S/c1-9-5-6-16(8-12(9)19-2)20(17,18)13-7-10(15)3-4-11(13)14/h3-4,7,9,12H,5-6,8,15H2,1-2H3. The lowest BCUT2D eigenvalue weighted by atomic mass is 9.97. The lowest BCUT2D eigenvalue weighted by Crippen LogP contribution is -2.46. The molecule has 7 heteroatoms. The molecule has 1 heterocycles. The van der Waals surface area contributed by atoms with E-state index in [2.05, 4.69) is 0 Å². The molecule has 1 aliphatic rings. The second-order valence-corrected chi connectivity index (χ2v) is 7.00. The summed E-state index contributed by atoms with van der Waals surface area (Å²) in [7, 11) is -2.33. The fourth-order valence-electron chi connectivity index (χ4n) is 2.39. The molecular formula is C13H19FN2O3S. The number of nitrogens with zero attached hydrogens (tertiary/aromatic N) is 1. The van der Waals surface area contributed by atoms with Gasteiger partial charge in [0.2, 0.25) is 10.0 Å². The highest BCUT2D eigenvalue weighted by Gasteiger charge is 2.35. The van der Waals surface area contributed by atoms with E-state index < -0.39 is 15.8 Å². The zero-order chi connectivity index (χ0) is 14.9. The number of anilines is 1. The Morgan fingerprint density at radius 3 is 2.80 bits per heavy atom. The number of rotatable bonds is 3. The number of hydrogen-bond donors (Lipinski definition) is 1. The maximum atomic E-state index is 13.8. The topological polar surface area (TPSA) is 72.6 Å². The molecule has 1 saturated heterocycles. The van der Waals surface area contributed by atoms with Crippen LogP contribution in [-0.4, -0.2) is 39.0 Å². The van der Waals surface area contributed by atoms with Gasteiger partial charge in [-0.25, -0.2) is 12.8 Å². The molecule has 0 saturated carbocycles. The first kappa shape index (κ1) is 15.2. The molecule has 5 nitrogen and oxygen atoms in total. The Balaban J connectivity index is 2.33. The zero-order valence-electron chi connectivity index (χ0n) is 11.5. The molecule has 112 valence electrons. The van der Waals surface area contributed by atoms with Crippen LogP contribution in [0.3, 0.4) is 0 Å². The van der Waals surface area contributed by atoms with Crippen LogP contribution >= 0.6 is 0 Å². The Morgan fingerprint density at radius 1 is 1.45 bits per heavy atom. The molecule has 1 aromatic rings. The van der Waals surface area contributed by atoms with Crippen molar-refractivity contribution < 1.29 is 17.5 Å². The molecule has 0 bridgehead atoms. The van der Waals surface area contributed by atoms with Crippen molar-refractivity contribution in [1.29, 1.82) is 0 Å². The maximum Gasteiger partial charge on any atom is 0.246 e. The van der Waals surface area contributed by atoms with Crippen LogP contribution in [-0.2, 0) is 14.8 Å². The number of nitrogens with two attached hydrogens (primary N) is 1. The van der Waals surface area contributed by atoms with Crippen molar-refractivity contribution in [2.24, 2.45) is 5.92 Å². The predicted octanol–water partition coefficient (Wildman–Crippen LogP) is 1.45. The van der Waals surface area contributed by atoms with Crippen molar-refractivity contribution >= 4 is 15.7 Å². The van der Waals surface area contributed by atoms with Gasteiger partial charge in [-0.3, -0.25) is 0 Å². The van der Waals surface area contributed by atoms with E-state index in [-0.39, 0.29) is 29.1 Å². The summed E-state index contributed by atoms with van der Waals surface area (Å²) in [4.78, 5) is -0.373. The van der Waals surface area contributed by atoms with Crippen molar-refractivity contribution in [3.05, 3.63) is 24.0 Å². The van der Waals surface area contributed by atoms with Crippen LogP contribution < -0.4 is 5.73 Å². The number of hydrogen-bond acceptors (Lipinski definition) is 4. The lowest BCUT2D eigenvalue weighted by molar-refractivity contribution is 0.0183. The van der Waals surface area contributed by atoms with Gasteiger partial charge >= 0.3 is 0 Å². The molecule has 2 rings (SSSR count). The van der Waals surface area contributed by atoms with Gasteiger partial charge in [0.1, 0.15) is 10.7 Å². The average molecular weight is 302 g/mol. The smallest absolute Gasteiger partial charge is 0.246 e. The number of nitrogen functional groups attached to an aromatic ring is 1. The monoisotopic (exact) mass is 302 g/mol. The van der Waals surface area contributed by atoms with Crippen molar-refractivity contribution in [2.45, 2.75) is 24.3 Å². The third-order valence-corrected chi connectivity index (χ3v) is 5.61. The number of sulfonamides is 1. The Morgan fingerprint density at radius 2 is 2.15 bits per heavy atom. The number of benzene rings is 1. The first-order chi connectivity index (χ1) is 9.36. The van der Waals surface area contributed by atoms with Crippen LogP contribution in [0, 0.1) is 11.7 Å². The van der Waals surface area contributed by atoms with E-state index in [4.69, 9.17) is 10.5 Å². The molecule has 0 aliphatic carbocycles. The van der Waals surface area contributed by atoms with Gasteiger partial charge in [-0.15, -0.1) is 0 Å². The second-order valence-electron chi connectivity index (χ2n) is 5.09. The van der Waals surface area contributed by atoms with Crippen LogP contribution in [0.4, 0.5) is 10.1 Å². The summed E-state index contributed by atoms with van der Waals surface area (Å²) in [5.41, 5.74) is 5.78. The van der Waals surface area contributed by atoms with E-state index in [0.717, 1.165) is 12.1 Å². The summed E-state index contributed by atoms with van der Waals surface area (Å²) >= 11 is 0. The van der Waals surface area contributed by atoms with Crippen LogP contribution in [0.25, 0.3) is 0 Å². The van der Waals surface area contributed by atoms with Crippen LogP contribution in [0.2, 0.25) is 0 Å². The Labute approximate surface area is 118 Å². The third kappa shape index (κ3) is 2.79. The summed E-state index contributed by atoms with van der Waals surface area (Å²) < 4.78 is 45.3. The quantitative estimate of drug-likeness (QED) is 0.858. The maximum absolute atomic E-state index is 13.8.